The van der Waals surface area contributed by atoms with Crippen molar-refractivity contribution in [1.29, 1.82) is 0 Å². The molecule has 0 saturated carbocycles. The zero-order valence-corrected chi connectivity index (χ0v) is 9.59. The van der Waals surface area contributed by atoms with Crippen LogP contribution >= 0.6 is 11.6 Å². The Balaban J connectivity index is 2.83. The van der Waals surface area contributed by atoms with Gasteiger partial charge in [-0.15, -0.1) is 0 Å². The van der Waals surface area contributed by atoms with Crippen molar-refractivity contribution < 1.29 is 4.79 Å². The van der Waals surface area contributed by atoms with E-state index in [0.717, 1.165) is 16.9 Å². The first kappa shape index (κ1) is 10.2. The summed E-state index contributed by atoms with van der Waals surface area (Å²) in [5.74, 6) is 0.877. The number of carbonyl (C=O) groups is 1. The van der Waals surface area contributed by atoms with Gasteiger partial charge in [-0.2, -0.15) is 0 Å². The van der Waals surface area contributed by atoms with Crippen LogP contribution in [0.2, 0.25) is 5.02 Å². The first-order valence-corrected chi connectivity index (χ1v) is 5.02. The van der Waals surface area contributed by atoms with E-state index in [9.17, 15) is 4.79 Å². The first-order valence-electron chi connectivity index (χ1n) is 4.64. The Morgan fingerprint density at radius 3 is 2.73 bits per heavy atom. The Hall–Kier alpha value is -1.35. The second-order valence-electron chi connectivity index (χ2n) is 3.59. The van der Waals surface area contributed by atoms with E-state index in [0.29, 0.717) is 10.6 Å². The summed E-state index contributed by atoms with van der Waals surface area (Å²) in [6, 6.07) is 3.53. The molecule has 1 aromatic carbocycles. The zero-order chi connectivity index (χ0) is 11.2. The number of imidazole rings is 1. The summed E-state index contributed by atoms with van der Waals surface area (Å²) in [5.41, 5.74) is 2.30. The number of benzene rings is 1. The number of aryl methyl sites for hydroxylation is 2. The lowest BCUT2D eigenvalue weighted by atomic mass is 10.1. The molecule has 0 N–H and O–H groups in total. The molecule has 0 aliphatic heterocycles. The van der Waals surface area contributed by atoms with E-state index in [1.807, 2.05) is 18.5 Å². The molecule has 15 heavy (non-hydrogen) atoms. The molecule has 0 aliphatic rings. The number of hydrogen-bond acceptors (Lipinski definition) is 2. The van der Waals surface area contributed by atoms with Gasteiger partial charge in [0.05, 0.1) is 16.1 Å². The Kier molecular flexibility index (Phi) is 2.27. The van der Waals surface area contributed by atoms with Crippen molar-refractivity contribution in [2.24, 2.45) is 7.05 Å². The molecule has 1 aromatic heterocycles. The zero-order valence-electron chi connectivity index (χ0n) is 8.84. The van der Waals surface area contributed by atoms with Gasteiger partial charge in [-0.05, 0) is 26.0 Å². The maximum Gasteiger partial charge on any atom is 0.161 e. The highest BCUT2D eigenvalue weighted by Gasteiger charge is 2.11. The Morgan fingerprint density at radius 2 is 2.13 bits per heavy atom. The second-order valence-corrected chi connectivity index (χ2v) is 4.00. The molecule has 4 heteroatoms. The molecule has 3 nitrogen and oxygen atoms in total. The van der Waals surface area contributed by atoms with Crippen LogP contribution in [0.15, 0.2) is 12.1 Å². The van der Waals surface area contributed by atoms with E-state index in [1.165, 1.54) is 6.92 Å². The Labute approximate surface area is 92.7 Å². The summed E-state index contributed by atoms with van der Waals surface area (Å²) in [6.07, 6.45) is 0. The van der Waals surface area contributed by atoms with Crippen LogP contribution in [0.3, 0.4) is 0 Å². The van der Waals surface area contributed by atoms with Crippen LogP contribution in [0.5, 0.6) is 0 Å². The van der Waals surface area contributed by atoms with Gasteiger partial charge in [-0.25, -0.2) is 4.98 Å². The van der Waals surface area contributed by atoms with Gasteiger partial charge < -0.3 is 4.57 Å². The van der Waals surface area contributed by atoms with Crippen LogP contribution in [0.1, 0.15) is 23.1 Å². The minimum absolute atomic E-state index is 0.0271. The van der Waals surface area contributed by atoms with E-state index < -0.39 is 0 Å². The van der Waals surface area contributed by atoms with Crippen molar-refractivity contribution in [3.8, 4) is 0 Å². The number of carbonyl (C=O) groups excluding carboxylic acids is 1. The normalized spacial score (nSPS) is 10.9. The number of ketones is 1. The predicted octanol–water partition coefficient (Wildman–Crippen LogP) is 2.74. The number of rotatable bonds is 1. The number of halogens is 1. The van der Waals surface area contributed by atoms with Crippen LogP contribution in [0.25, 0.3) is 11.0 Å². The summed E-state index contributed by atoms with van der Waals surface area (Å²) in [4.78, 5) is 15.7. The molecular formula is C11H11ClN2O. The summed E-state index contributed by atoms with van der Waals surface area (Å²) >= 11 is 5.99. The van der Waals surface area contributed by atoms with Crippen LogP contribution < -0.4 is 0 Å². The molecule has 0 radical (unpaired) electrons. The van der Waals surface area contributed by atoms with Crippen LogP contribution in [-0.4, -0.2) is 15.3 Å². The molecule has 0 atom stereocenters. The number of fused-ring (bicyclic) bond motifs is 1. The van der Waals surface area contributed by atoms with Crippen LogP contribution in [-0.2, 0) is 7.05 Å². The third-order valence-corrected chi connectivity index (χ3v) is 2.89. The quantitative estimate of drug-likeness (QED) is 0.696. The molecule has 0 saturated heterocycles. The maximum absolute atomic E-state index is 11.3. The summed E-state index contributed by atoms with van der Waals surface area (Å²) in [6.45, 7) is 3.43. The Bertz CT molecular complexity index is 557. The molecule has 0 aliphatic carbocycles. The number of aromatic nitrogens is 2. The molecular weight excluding hydrogens is 212 g/mol. The smallest absolute Gasteiger partial charge is 0.161 e. The second kappa shape index (κ2) is 3.35. The largest absolute Gasteiger partial charge is 0.331 e. The highest BCUT2D eigenvalue weighted by Crippen LogP contribution is 2.24. The van der Waals surface area contributed by atoms with E-state index in [-0.39, 0.29) is 5.78 Å². The highest BCUT2D eigenvalue weighted by atomic mass is 35.5. The molecule has 2 aromatic rings. The number of nitrogens with zero attached hydrogens (tertiary/aromatic N) is 2. The number of Topliss-reactive ketones (excluding diaryl/α,β-unsaturated/α-hetero) is 1. The van der Waals surface area contributed by atoms with Gasteiger partial charge in [0.1, 0.15) is 5.82 Å². The molecule has 1 heterocycles. The standard InChI is InChI=1S/C11H11ClN2O/c1-6(15)8-4-11-10(5-9(8)12)13-7(2)14(11)3/h4-5H,1-3H3. The van der Waals surface area contributed by atoms with Gasteiger partial charge in [0.25, 0.3) is 0 Å². The van der Waals surface area contributed by atoms with Crippen molar-refractivity contribution in [2.45, 2.75) is 13.8 Å². The number of hydrogen-bond donors (Lipinski definition) is 0. The lowest BCUT2D eigenvalue weighted by molar-refractivity contribution is 0.101. The van der Waals surface area contributed by atoms with Gasteiger partial charge in [0.15, 0.2) is 5.78 Å². The van der Waals surface area contributed by atoms with Crippen molar-refractivity contribution in [3.63, 3.8) is 0 Å². The van der Waals surface area contributed by atoms with E-state index in [4.69, 9.17) is 11.6 Å². The van der Waals surface area contributed by atoms with Gasteiger partial charge in [0, 0.05) is 12.6 Å². The molecule has 0 fully saturated rings. The van der Waals surface area contributed by atoms with Crippen molar-refractivity contribution in [3.05, 3.63) is 28.5 Å². The summed E-state index contributed by atoms with van der Waals surface area (Å²) in [7, 11) is 1.92. The monoisotopic (exact) mass is 222 g/mol. The fourth-order valence-corrected chi connectivity index (χ4v) is 1.89. The molecule has 0 bridgehead atoms. The minimum atomic E-state index is -0.0271. The predicted molar refractivity (Wildman–Crippen MR) is 60.5 cm³/mol. The fraction of sp³-hybridized carbons (Fsp3) is 0.273. The molecule has 2 rings (SSSR count). The first-order chi connectivity index (χ1) is 7.00. The molecule has 0 spiro atoms. The fourth-order valence-electron chi connectivity index (χ4n) is 1.60. The SMILES string of the molecule is CC(=O)c1cc2c(cc1Cl)nc(C)n2C. The van der Waals surface area contributed by atoms with E-state index in [1.54, 1.807) is 12.1 Å². The maximum atomic E-state index is 11.3. The van der Waals surface area contributed by atoms with Gasteiger partial charge >= 0.3 is 0 Å². The van der Waals surface area contributed by atoms with E-state index in [2.05, 4.69) is 4.98 Å². The van der Waals surface area contributed by atoms with Gasteiger partial charge in [-0.1, -0.05) is 11.6 Å². The third kappa shape index (κ3) is 1.53. The summed E-state index contributed by atoms with van der Waals surface area (Å²) < 4.78 is 1.94. The minimum Gasteiger partial charge on any atom is -0.331 e. The highest BCUT2D eigenvalue weighted by molar-refractivity contribution is 6.34. The molecule has 0 unspecified atom stereocenters. The van der Waals surface area contributed by atoms with Crippen LogP contribution in [0.4, 0.5) is 0 Å². The van der Waals surface area contributed by atoms with Crippen LogP contribution in [0, 0.1) is 6.92 Å². The Morgan fingerprint density at radius 1 is 1.47 bits per heavy atom. The lowest BCUT2D eigenvalue weighted by Crippen LogP contribution is -1.95. The molecule has 0 amide bonds. The van der Waals surface area contributed by atoms with E-state index >= 15 is 0 Å². The van der Waals surface area contributed by atoms with Crippen molar-refractivity contribution >= 4 is 28.4 Å². The topological polar surface area (TPSA) is 34.9 Å². The van der Waals surface area contributed by atoms with Gasteiger partial charge in [-0.3, -0.25) is 4.79 Å². The van der Waals surface area contributed by atoms with Crippen molar-refractivity contribution in [2.75, 3.05) is 0 Å². The lowest BCUT2D eigenvalue weighted by Gasteiger charge is -2.01. The summed E-state index contributed by atoms with van der Waals surface area (Å²) in [5, 5.41) is 0.466. The molecule has 78 valence electrons. The third-order valence-electron chi connectivity index (χ3n) is 2.57. The van der Waals surface area contributed by atoms with Crippen molar-refractivity contribution in [1.82, 2.24) is 9.55 Å². The van der Waals surface area contributed by atoms with Gasteiger partial charge in [0.2, 0.25) is 0 Å². The average Bonchev–Trinajstić information content (AvgIpc) is 2.41. The average molecular weight is 223 g/mol.